The molecule has 1 heterocycles. The van der Waals surface area contributed by atoms with E-state index in [4.69, 9.17) is 0 Å². The van der Waals surface area contributed by atoms with E-state index in [0.717, 1.165) is 95.7 Å². The monoisotopic (exact) mass is 2030 g/mol. The Labute approximate surface area is 889 Å². The molecule has 0 aromatic heterocycles. The standard InChI is InChI=1S/C79H128N2.2C29H59.Pd/c1-6-11-15-17-19-21-23-25-27-29-31-33-35-37-39-41-43-45-47-49-51-53-57-62-71-64-72(63-58-54-52-50-48-46-44-42-40-38-36-34-32-30-28-26-24-22-20-18-16-12-7-2)67-76(66-71)78-70-75(59-10-5)79(81(78)80)77-68-73(60-55-13-8-3)65-74(69-77)61-56-14-9-4;2*1-3-5-7-9-11-13-15-17-19-21-23-25-27-29-28-26-24-22-20-18-16-14-12-10-8-6-4-2;/h10,59,64-70H,6-9,11-56,60-61H2,1-5H3;2*1,3-29H2,2H3;. The number of rotatable bonds is 109. The Morgan fingerprint density at radius 1 is 0.221 bits per heavy atom. The average molecular weight is 2030 g/mol. The van der Waals surface area contributed by atoms with Crippen LogP contribution in [0.25, 0.3) is 16.9 Å². The fourth-order valence-corrected chi connectivity index (χ4v) is 23.5. The van der Waals surface area contributed by atoms with Gasteiger partial charge < -0.3 is 5.53 Å². The number of hydrogen-bond donors (Lipinski definition) is 0. The van der Waals surface area contributed by atoms with E-state index in [2.05, 4.69) is 127 Å². The van der Waals surface area contributed by atoms with Crippen LogP contribution in [0.5, 0.6) is 0 Å². The van der Waals surface area contributed by atoms with Gasteiger partial charge in [-0.05, 0) is 86.9 Å². The van der Waals surface area contributed by atoms with Crippen LogP contribution >= 0.6 is 0 Å². The normalized spacial score (nSPS) is 12.1. The molecule has 2 aromatic carbocycles. The third-order valence-corrected chi connectivity index (χ3v) is 33.2. The third kappa shape index (κ3) is 90.2. The van der Waals surface area contributed by atoms with Crippen molar-refractivity contribution in [2.75, 3.05) is 0 Å². The number of nitrogens with zero attached hydrogens (tertiary/aromatic N) is 2. The Bertz CT molecular complexity index is 2950. The quantitative estimate of drug-likeness (QED) is 0.0273. The molecule has 3 rings (SSSR count). The Balaban J connectivity index is 0.000000998. The molecular formula is C137H246N2Pd. The molecule has 0 aliphatic carbocycles. The molecule has 2 aromatic rings. The Hall–Kier alpha value is -2.96. The second kappa shape index (κ2) is 112. The molecule has 3 heteroatoms. The van der Waals surface area contributed by atoms with Crippen LogP contribution in [-0.2, 0) is 30.8 Å². The molecule has 1 aliphatic heterocycles. The minimum absolute atomic E-state index is 0.794. The second-order valence-electron chi connectivity index (χ2n) is 45.0. The Morgan fingerprint density at radius 3 is 0.621 bits per heavy atom. The van der Waals surface area contributed by atoms with Gasteiger partial charge >= 0.3 is 169 Å². The maximum atomic E-state index is 12.3. The third-order valence-electron chi connectivity index (χ3n) is 31.0. The molecule has 1 aliphatic rings. The van der Waals surface area contributed by atoms with E-state index in [1.807, 2.05) is 0 Å². The van der Waals surface area contributed by atoms with Crippen molar-refractivity contribution in [1.82, 2.24) is 0 Å². The predicted octanol–water partition coefficient (Wildman–Crippen LogP) is 49.4. The van der Waals surface area contributed by atoms with Gasteiger partial charge in [-0.25, -0.2) is 4.70 Å². The second-order valence-corrected chi connectivity index (χ2v) is 47.3. The minimum atomic E-state index is 0.794. The van der Waals surface area contributed by atoms with Crippen LogP contribution in [0.4, 0.5) is 0 Å². The van der Waals surface area contributed by atoms with Crippen LogP contribution < -0.4 is 0 Å². The topological polar surface area (TPSA) is 25.3 Å². The van der Waals surface area contributed by atoms with Gasteiger partial charge in [0.2, 0.25) is 11.4 Å². The summed E-state index contributed by atoms with van der Waals surface area (Å²) in [6, 6.07) is 13.6. The summed E-state index contributed by atoms with van der Waals surface area (Å²) < 4.78 is 1.46. The number of hydrogen-bond acceptors (Lipinski definition) is 0. The summed E-state index contributed by atoms with van der Waals surface area (Å²) in [5.41, 5.74) is 21.8. The van der Waals surface area contributed by atoms with E-state index in [-0.39, 0.29) is 0 Å². The molecule has 0 amide bonds. The van der Waals surface area contributed by atoms with Crippen molar-refractivity contribution < 1.29 is 22.7 Å². The van der Waals surface area contributed by atoms with Gasteiger partial charge in [0.1, 0.15) is 0 Å². The van der Waals surface area contributed by atoms with Crippen molar-refractivity contribution >= 4 is 11.4 Å². The van der Waals surface area contributed by atoms with Crippen LogP contribution in [-0.4, -0.2) is 4.70 Å². The maximum absolute atomic E-state index is 12.3. The van der Waals surface area contributed by atoms with Crippen LogP contribution in [0.3, 0.4) is 0 Å². The van der Waals surface area contributed by atoms with Gasteiger partial charge in [-0.1, -0.05) is 571 Å². The summed E-state index contributed by atoms with van der Waals surface area (Å²) in [7, 11) is 0. The van der Waals surface area contributed by atoms with E-state index in [9.17, 15) is 5.53 Å². The first-order valence-electron chi connectivity index (χ1n) is 64.7. The Kier molecular flexibility index (Phi) is 106. The molecule has 0 bridgehead atoms. The summed E-state index contributed by atoms with van der Waals surface area (Å²) in [6.45, 7) is 15.9. The Morgan fingerprint density at radius 2 is 0.414 bits per heavy atom. The van der Waals surface area contributed by atoms with Gasteiger partial charge in [-0.2, -0.15) is 0 Å². The number of allylic oxidation sites excluding steroid dienone is 4. The fraction of sp³-hybridized carbons (Fsp3) is 0.839. The molecule has 0 radical (unpaired) electrons. The molecule has 0 saturated carbocycles. The molecule has 0 saturated heterocycles. The van der Waals surface area contributed by atoms with Gasteiger partial charge in [0.15, 0.2) is 0 Å². The number of unbranched alkanes of at least 4 members (excludes halogenated alkanes) is 98. The number of aryl methyl sites for hydroxylation is 2. The van der Waals surface area contributed by atoms with Gasteiger partial charge in [-0.3, -0.25) is 0 Å². The first-order chi connectivity index (χ1) is 69.5. The van der Waals surface area contributed by atoms with Crippen molar-refractivity contribution in [1.29, 1.82) is 0 Å². The molecule has 814 valence electrons. The SMILES string of the molecule is CC=CC1=C(c2cc(CCCCC)cc(CCCCC)c2)[N+](=[N-])C(c2cc(C#CCCCCCCCCCCCCCCCCCCCCCCC)cc(C#CCCCCCCCCCCCCCCCCCCCCCCC)c2)=C1.CCCCCCCCCCCCCCCCCCCCCCCCCCCC[CH2][Pd][CH2]CCCCCCCCCCCCCCCCCCCCCCCCCCCC. The van der Waals surface area contributed by atoms with Crippen molar-refractivity contribution in [3.05, 3.63) is 99.1 Å². The first kappa shape index (κ1) is 133. The zero-order valence-electron chi connectivity index (χ0n) is 96.3. The summed E-state index contributed by atoms with van der Waals surface area (Å²) in [4.78, 5) is 3.10. The molecule has 0 fully saturated rings. The van der Waals surface area contributed by atoms with Crippen LogP contribution in [0.1, 0.15) is 750 Å². The van der Waals surface area contributed by atoms with Gasteiger partial charge in [-0.15, -0.1) is 0 Å². The molecule has 0 spiro atoms. The summed E-state index contributed by atoms with van der Waals surface area (Å²) in [6.07, 6.45) is 157. The van der Waals surface area contributed by atoms with E-state index in [0.29, 0.717) is 0 Å². The van der Waals surface area contributed by atoms with Crippen molar-refractivity contribution in [3.63, 3.8) is 0 Å². The molecule has 0 N–H and O–H groups in total. The van der Waals surface area contributed by atoms with Crippen LogP contribution in [0, 0.1) is 23.7 Å². The molecule has 140 heavy (non-hydrogen) atoms. The van der Waals surface area contributed by atoms with E-state index in [1.54, 1.807) is 9.79 Å². The molecular weight excluding hydrogens is 1780 g/mol. The first-order valence-corrected chi connectivity index (χ1v) is 66.9. The van der Waals surface area contributed by atoms with Crippen molar-refractivity contribution in [3.8, 4) is 23.7 Å². The zero-order chi connectivity index (χ0) is 100. The molecule has 0 atom stereocenters. The number of benzene rings is 2. The zero-order valence-corrected chi connectivity index (χ0v) is 97.8. The fourth-order valence-electron chi connectivity index (χ4n) is 21.6. The van der Waals surface area contributed by atoms with E-state index in [1.165, 1.54) is 658 Å². The van der Waals surface area contributed by atoms with Gasteiger partial charge in [0.25, 0.3) is 0 Å². The molecule has 0 unspecified atom stereocenters. The summed E-state index contributed by atoms with van der Waals surface area (Å²) >= 11 is 1.05. The predicted molar refractivity (Wildman–Crippen MR) is 631 cm³/mol. The van der Waals surface area contributed by atoms with Crippen LogP contribution in [0.2, 0.25) is 9.79 Å². The summed E-state index contributed by atoms with van der Waals surface area (Å²) in [5, 5.41) is 0. The van der Waals surface area contributed by atoms with Gasteiger partial charge in [0, 0.05) is 41.2 Å². The van der Waals surface area contributed by atoms with E-state index >= 15 is 0 Å². The minimum Gasteiger partial charge on any atom is -0.0654 e. The average Bonchev–Trinajstić information content (AvgIpc) is 1.62. The smallest absolute Gasteiger partial charge is 0.0654 e. The van der Waals surface area contributed by atoms with Crippen LogP contribution in [0.15, 0.2) is 60.2 Å². The van der Waals surface area contributed by atoms with E-state index < -0.39 is 0 Å². The van der Waals surface area contributed by atoms with Crippen molar-refractivity contribution in [2.45, 2.75) is 739 Å². The van der Waals surface area contributed by atoms with Crippen molar-refractivity contribution in [2.24, 2.45) is 0 Å². The summed E-state index contributed by atoms with van der Waals surface area (Å²) in [5.74, 6) is 14.2. The van der Waals surface area contributed by atoms with Gasteiger partial charge in [0.05, 0.1) is 5.57 Å². The molecule has 2 nitrogen and oxygen atoms in total.